The third kappa shape index (κ3) is 8.58. The monoisotopic (exact) mass is 796 g/mol. The molecule has 0 fully saturated rings. The van der Waals surface area contributed by atoms with E-state index in [1.54, 1.807) is 37.2 Å². The van der Waals surface area contributed by atoms with Crippen LogP contribution in [0.3, 0.4) is 0 Å². The summed E-state index contributed by atoms with van der Waals surface area (Å²) in [6.07, 6.45) is 10.6. The van der Waals surface area contributed by atoms with Gasteiger partial charge in [-0.15, -0.1) is 0 Å². The molecule has 0 aliphatic rings. The summed E-state index contributed by atoms with van der Waals surface area (Å²) in [4.78, 5) is 35.8. The van der Waals surface area contributed by atoms with Crippen LogP contribution >= 0.6 is 0 Å². The Balaban J connectivity index is 0.000000153. The third-order valence-electron chi connectivity index (χ3n) is 8.32. The van der Waals surface area contributed by atoms with Crippen LogP contribution in [0.25, 0.3) is 66.6 Å². The first kappa shape index (κ1) is 36.2. The molecule has 0 aliphatic heterocycles. The van der Waals surface area contributed by atoms with E-state index < -0.39 is 0 Å². The number of hydrogen-bond donors (Lipinski definition) is 0. The minimum absolute atomic E-state index is 0. The van der Waals surface area contributed by atoms with Gasteiger partial charge in [-0.05, 0) is 103 Å². The van der Waals surface area contributed by atoms with E-state index in [0.29, 0.717) is 0 Å². The first-order valence-electron chi connectivity index (χ1n) is 17.2. The van der Waals surface area contributed by atoms with Gasteiger partial charge >= 0.3 is 0 Å². The van der Waals surface area contributed by atoms with E-state index in [9.17, 15) is 0 Å². The summed E-state index contributed by atoms with van der Waals surface area (Å²) in [5.41, 5.74) is 10.6. The van der Waals surface area contributed by atoms with Crippen LogP contribution in [0.15, 0.2) is 183 Å². The maximum absolute atomic E-state index is 4.97. The number of fused-ring (bicyclic) bond motifs is 7. The fraction of sp³-hybridized carbons (Fsp3) is 0. The topological polar surface area (TPSA) is 103 Å². The zero-order chi connectivity index (χ0) is 36.4. The second-order valence-electron chi connectivity index (χ2n) is 11.9. The fourth-order valence-corrected chi connectivity index (χ4v) is 5.80. The summed E-state index contributed by atoms with van der Waals surface area (Å²) in [6.45, 7) is 0. The molecule has 0 spiro atoms. The Hall–Kier alpha value is -7.14. The summed E-state index contributed by atoms with van der Waals surface area (Å²) in [6, 6.07) is 47.0. The summed E-state index contributed by atoms with van der Waals surface area (Å²) < 4.78 is 0. The molecule has 0 amide bonds. The van der Waals surface area contributed by atoms with Crippen molar-refractivity contribution in [2.75, 3.05) is 0 Å². The smallest absolute Gasteiger partial charge is 0.0996 e. The average molecular weight is 796 g/mol. The Bertz CT molecular complexity index is 2720. The minimum atomic E-state index is 0. The number of aromatic nitrogens is 8. The molecule has 0 atom stereocenters. The van der Waals surface area contributed by atoms with Crippen LogP contribution in [0.5, 0.6) is 0 Å². The van der Waals surface area contributed by atoms with E-state index in [2.05, 4.69) is 41.7 Å². The third-order valence-corrected chi connectivity index (χ3v) is 8.32. The first-order chi connectivity index (χ1) is 26.8. The van der Waals surface area contributed by atoms with Crippen molar-refractivity contribution < 1.29 is 19.5 Å². The van der Waals surface area contributed by atoms with Crippen LogP contribution in [0.2, 0.25) is 0 Å². The van der Waals surface area contributed by atoms with E-state index in [1.807, 2.05) is 146 Å². The van der Waals surface area contributed by atoms with Crippen LogP contribution in [0.4, 0.5) is 0 Å². The predicted octanol–water partition coefficient (Wildman–Crippen LogP) is 9.56. The number of hydrogen-bond acceptors (Lipinski definition) is 8. The molecule has 3 aromatic carbocycles. The average Bonchev–Trinajstić information content (AvgIpc) is 3.27. The van der Waals surface area contributed by atoms with Crippen molar-refractivity contribution in [2.24, 2.45) is 0 Å². The molecule has 9 heteroatoms. The van der Waals surface area contributed by atoms with Gasteiger partial charge in [-0.1, -0.05) is 54.3 Å². The molecule has 262 valence electrons. The second-order valence-corrected chi connectivity index (χ2v) is 11.9. The molecule has 8 nitrogen and oxygen atoms in total. The zero-order valence-electron chi connectivity index (χ0n) is 29.3. The number of rotatable bonds is 2. The zero-order valence-corrected chi connectivity index (χ0v) is 31.0. The van der Waals surface area contributed by atoms with Crippen LogP contribution in [-0.2, 0) is 19.5 Å². The van der Waals surface area contributed by atoms with Gasteiger partial charge in [0.05, 0.1) is 55.9 Å². The Morgan fingerprint density at radius 2 is 0.727 bits per heavy atom. The molecule has 7 aromatic heterocycles. The minimum Gasteiger partial charge on any atom is -0.255 e. The standard InChI is InChI=1S/C26H14N4.2C10H8N2.Ru/c1-2-6-17(7-3-1)10-11-18-12-13-21-22(16-18)30-26-20-9-5-15-28-24(20)23-19(25(26)29-21)8-4-14-27-23;2*1-3-7-11-9(5-1)10-6-2-4-8-12-10;/h1-9,12-16H;2*1-8H;. The van der Waals surface area contributed by atoms with Gasteiger partial charge in [0.2, 0.25) is 0 Å². The molecule has 0 saturated carbocycles. The first-order valence-corrected chi connectivity index (χ1v) is 17.2. The summed E-state index contributed by atoms with van der Waals surface area (Å²) in [7, 11) is 0. The van der Waals surface area contributed by atoms with E-state index >= 15 is 0 Å². The van der Waals surface area contributed by atoms with Crippen LogP contribution in [-0.4, -0.2) is 39.9 Å². The van der Waals surface area contributed by atoms with Crippen molar-refractivity contribution >= 4 is 43.9 Å². The van der Waals surface area contributed by atoms with Gasteiger partial charge < -0.3 is 0 Å². The van der Waals surface area contributed by atoms with Gasteiger partial charge in [0.15, 0.2) is 0 Å². The van der Waals surface area contributed by atoms with Crippen molar-refractivity contribution in [3.63, 3.8) is 0 Å². The van der Waals surface area contributed by atoms with Gasteiger partial charge in [0, 0.05) is 78.6 Å². The number of nitrogens with zero attached hydrogens (tertiary/aromatic N) is 8. The van der Waals surface area contributed by atoms with Gasteiger partial charge in [0.1, 0.15) is 0 Å². The molecule has 0 unspecified atom stereocenters. The van der Waals surface area contributed by atoms with Crippen LogP contribution in [0.1, 0.15) is 11.1 Å². The Morgan fingerprint density at radius 1 is 0.309 bits per heavy atom. The normalized spacial score (nSPS) is 10.3. The largest absolute Gasteiger partial charge is 0.255 e. The Kier molecular flexibility index (Phi) is 11.6. The number of benzene rings is 3. The molecule has 10 rings (SSSR count). The van der Waals surface area contributed by atoms with E-state index in [-0.39, 0.29) is 19.5 Å². The van der Waals surface area contributed by atoms with Crippen molar-refractivity contribution in [1.29, 1.82) is 0 Å². The Labute approximate surface area is 330 Å². The molecule has 0 bridgehead atoms. The SMILES string of the molecule is C(#Cc1ccc2nc3c4cccnc4c4ncccc4c3nc2c1)c1ccccc1.[Ru].c1ccc(-c2ccccn2)nc1.c1ccc(-c2ccccn2)nc1. The van der Waals surface area contributed by atoms with Gasteiger partial charge in [-0.3, -0.25) is 29.9 Å². The summed E-state index contributed by atoms with van der Waals surface area (Å²) >= 11 is 0. The van der Waals surface area contributed by atoms with Crippen LogP contribution in [0, 0.1) is 11.8 Å². The summed E-state index contributed by atoms with van der Waals surface area (Å²) in [5.74, 6) is 6.43. The quantitative estimate of drug-likeness (QED) is 0.0738. The van der Waals surface area contributed by atoms with Crippen molar-refractivity contribution in [1.82, 2.24) is 39.9 Å². The maximum atomic E-state index is 4.97. The molecule has 0 saturated heterocycles. The number of pyridine rings is 6. The molecule has 0 radical (unpaired) electrons. The molecule has 55 heavy (non-hydrogen) atoms. The van der Waals surface area contributed by atoms with Crippen molar-refractivity contribution in [3.8, 4) is 34.6 Å². The molecular formula is C46H30N8Ru. The predicted molar refractivity (Wildman–Crippen MR) is 215 cm³/mol. The fourth-order valence-electron chi connectivity index (χ4n) is 5.80. The molecular weight excluding hydrogens is 766 g/mol. The van der Waals surface area contributed by atoms with E-state index in [0.717, 1.165) is 77.8 Å². The molecule has 0 N–H and O–H groups in total. The van der Waals surface area contributed by atoms with Gasteiger partial charge in [0.25, 0.3) is 0 Å². The van der Waals surface area contributed by atoms with E-state index in [1.165, 1.54) is 0 Å². The molecule has 7 heterocycles. The van der Waals surface area contributed by atoms with Crippen molar-refractivity contribution in [2.45, 2.75) is 0 Å². The van der Waals surface area contributed by atoms with Gasteiger partial charge in [-0.2, -0.15) is 0 Å². The Morgan fingerprint density at radius 3 is 1.18 bits per heavy atom. The molecule has 10 aromatic rings. The second kappa shape index (κ2) is 17.6. The maximum Gasteiger partial charge on any atom is 0.0996 e. The van der Waals surface area contributed by atoms with E-state index in [4.69, 9.17) is 9.97 Å². The van der Waals surface area contributed by atoms with Crippen LogP contribution < -0.4 is 0 Å². The molecule has 0 aliphatic carbocycles. The van der Waals surface area contributed by atoms with Gasteiger partial charge in [-0.25, -0.2) is 9.97 Å². The van der Waals surface area contributed by atoms with Crippen molar-refractivity contribution in [3.05, 3.63) is 194 Å². The summed E-state index contributed by atoms with van der Waals surface area (Å²) in [5, 5.41) is 1.91.